The molecule has 0 saturated heterocycles. The summed E-state index contributed by atoms with van der Waals surface area (Å²) in [7, 11) is 3.10. The Balaban J connectivity index is 3.02. The summed E-state index contributed by atoms with van der Waals surface area (Å²) in [6.07, 6.45) is 0. The molecule has 0 fully saturated rings. The number of nitrogens with one attached hydrogen (secondary N) is 1. The molecule has 0 radical (unpaired) electrons. The molecule has 0 spiro atoms. The van der Waals surface area contributed by atoms with E-state index in [2.05, 4.69) is 0 Å². The van der Waals surface area contributed by atoms with Crippen molar-refractivity contribution in [3.63, 3.8) is 0 Å². The normalized spacial score (nSPS) is 10.7. The first-order valence-corrected chi connectivity index (χ1v) is 4.82. The minimum Gasteiger partial charge on any atom is -0.315 e. The Kier molecular flexibility index (Phi) is 2.31. The monoisotopic (exact) mass is 234 g/mol. The first-order valence-electron chi connectivity index (χ1n) is 4.82. The molecule has 0 atom stereocenters. The molecule has 7 heteroatoms. The number of rotatable bonds is 1. The number of nitro benzene ring substituents is 1. The Bertz CT molecular complexity index is 742. The Hall–Kier alpha value is -2.44. The SMILES string of the molecule is Cn1c(=O)c2cc([N+](=O)[O-])ccc2n(C)c1=N. The lowest BCUT2D eigenvalue weighted by molar-refractivity contribution is -0.384. The highest BCUT2D eigenvalue weighted by atomic mass is 16.6. The summed E-state index contributed by atoms with van der Waals surface area (Å²) in [6, 6.07) is 4.03. The van der Waals surface area contributed by atoms with Crippen molar-refractivity contribution in [1.29, 1.82) is 5.41 Å². The van der Waals surface area contributed by atoms with Crippen LogP contribution < -0.4 is 11.2 Å². The number of benzene rings is 1. The minimum absolute atomic E-state index is 0.0383. The molecule has 0 amide bonds. The number of non-ortho nitro benzene ring substituents is 1. The van der Waals surface area contributed by atoms with Crippen LogP contribution in [-0.4, -0.2) is 14.1 Å². The van der Waals surface area contributed by atoms with Crippen LogP contribution in [0, 0.1) is 15.5 Å². The van der Waals surface area contributed by atoms with Crippen molar-refractivity contribution in [3.8, 4) is 0 Å². The molecule has 0 saturated carbocycles. The van der Waals surface area contributed by atoms with Gasteiger partial charge in [0.25, 0.3) is 11.2 Å². The molecule has 0 aliphatic heterocycles. The van der Waals surface area contributed by atoms with E-state index in [0.717, 1.165) is 4.57 Å². The first-order chi connectivity index (χ1) is 7.93. The molecule has 2 aromatic rings. The predicted octanol–water partition coefficient (Wildman–Crippen LogP) is 0.265. The Morgan fingerprint density at radius 2 is 1.94 bits per heavy atom. The van der Waals surface area contributed by atoms with Crippen LogP contribution in [0.25, 0.3) is 10.9 Å². The number of nitrogens with zero attached hydrogens (tertiary/aromatic N) is 3. The standard InChI is InChI=1S/C10H10N4O3/c1-12-8-4-3-6(14(16)17)5-7(8)9(15)13(2)10(12)11/h3-5,11H,1-2H3. The van der Waals surface area contributed by atoms with Gasteiger partial charge in [0, 0.05) is 26.2 Å². The molecular formula is C10H10N4O3. The first kappa shape index (κ1) is 11.1. The van der Waals surface area contributed by atoms with Gasteiger partial charge in [-0.2, -0.15) is 0 Å². The van der Waals surface area contributed by atoms with Crippen LogP contribution in [0.2, 0.25) is 0 Å². The third-order valence-corrected chi connectivity index (χ3v) is 2.72. The minimum atomic E-state index is -0.548. The van der Waals surface area contributed by atoms with Gasteiger partial charge >= 0.3 is 0 Å². The van der Waals surface area contributed by atoms with Crippen LogP contribution >= 0.6 is 0 Å². The maximum atomic E-state index is 11.9. The average Bonchev–Trinajstić information content (AvgIpc) is 2.32. The highest BCUT2D eigenvalue weighted by molar-refractivity contribution is 5.80. The third-order valence-electron chi connectivity index (χ3n) is 2.72. The van der Waals surface area contributed by atoms with Crippen LogP contribution in [0.1, 0.15) is 0 Å². The van der Waals surface area contributed by atoms with Crippen LogP contribution in [-0.2, 0) is 14.1 Å². The highest BCUT2D eigenvalue weighted by Gasteiger charge is 2.11. The van der Waals surface area contributed by atoms with Gasteiger partial charge in [-0.25, -0.2) is 0 Å². The summed E-state index contributed by atoms with van der Waals surface area (Å²) in [6.45, 7) is 0. The van der Waals surface area contributed by atoms with E-state index in [1.807, 2.05) is 0 Å². The number of aryl methyl sites for hydroxylation is 1. The van der Waals surface area contributed by atoms with E-state index >= 15 is 0 Å². The molecule has 0 aliphatic carbocycles. The second-order valence-corrected chi connectivity index (χ2v) is 3.71. The molecule has 1 heterocycles. The summed E-state index contributed by atoms with van der Waals surface area (Å²) in [5.74, 6) is 0. The van der Waals surface area contributed by atoms with Crippen molar-refractivity contribution in [2.24, 2.45) is 14.1 Å². The van der Waals surface area contributed by atoms with Gasteiger partial charge in [0.1, 0.15) is 0 Å². The van der Waals surface area contributed by atoms with Crippen molar-refractivity contribution < 1.29 is 4.92 Å². The second kappa shape index (κ2) is 3.55. The van der Waals surface area contributed by atoms with E-state index in [1.165, 1.54) is 29.8 Å². The van der Waals surface area contributed by atoms with E-state index in [0.29, 0.717) is 5.52 Å². The van der Waals surface area contributed by atoms with Gasteiger partial charge in [0.15, 0.2) is 0 Å². The number of nitro groups is 1. The van der Waals surface area contributed by atoms with Gasteiger partial charge < -0.3 is 4.57 Å². The Morgan fingerprint density at radius 1 is 1.29 bits per heavy atom. The molecule has 88 valence electrons. The van der Waals surface area contributed by atoms with E-state index < -0.39 is 10.5 Å². The highest BCUT2D eigenvalue weighted by Crippen LogP contribution is 2.16. The summed E-state index contributed by atoms with van der Waals surface area (Å²) < 4.78 is 2.65. The fraction of sp³-hybridized carbons (Fsp3) is 0.200. The molecule has 1 aromatic heterocycles. The largest absolute Gasteiger partial charge is 0.315 e. The molecule has 7 nitrogen and oxygen atoms in total. The molecule has 1 N–H and O–H groups in total. The van der Waals surface area contributed by atoms with Gasteiger partial charge in [-0.05, 0) is 6.07 Å². The lowest BCUT2D eigenvalue weighted by Crippen LogP contribution is -2.37. The van der Waals surface area contributed by atoms with Crippen molar-refractivity contribution in [2.75, 3.05) is 0 Å². The average molecular weight is 234 g/mol. The summed E-state index contributed by atoms with van der Waals surface area (Å²) in [5.41, 5.74) is -0.000756. The maximum absolute atomic E-state index is 11.9. The fourth-order valence-electron chi connectivity index (χ4n) is 1.72. The molecule has 1 aromatic carbocycles. The predicted molar refractivity (Wildman–Crippen MR) is 60.7 cm³/mol. The van der Waals surface area contributed by atoms with E-state index in [1.54, 1.807) is 7.05 Å². The molecule has 2 rings (SSSR count). The van der Waals surface area contributed by atoms with Crippen LogP contribution in [0.5, 0.6) is 0 Å². The quantitative estimate of drug-likeness (QED) is 0.566. The van der Waals surface area contributed by atoms with Crippen molar-refractivity contribution in [3.05, 3.63) is 44.3 Å². The number of fused-ring (bicyclic) bond motifs is 1. The Morgan fingerprint density at radius 3 is 2.53 bits per heavy atom. The van der Waals surface area contributed by atoms with E-state index in [4.69, 9.17) is 5.41 Å². The van der Waals surface area contributed by atoms with Crippen LogP contribution in [0.4, 0.5) is 5.69 Å². The van der Waals surface area contributed by atoms with Gasteiger partial charge in [-0.3, -0.25) is 24.9 Å². The number of hydrogen-bond acceptors (Lipinski definition) is 4. The van der Waals surface area contributed by atoms with Gasteiger partial charge in [0.05, 0.1) is 15.8 Å². The van der Waals surface area contributed by atoms with Crippen LogP contribution in [0.15, 0.2) is 23.0 Å². The summed E-state index contributed by atoms with van der Waals surface area (Å²) >= 11 is 0. The van der Waals surface area contributed by atoms with E-state index in [9.17, 15) is 14.9 Å². The third kappa shape index (κ3) is 1.52. The number of aromatic nitrogens is 2. The zero-order valence-electron chi connectivity index (χ0n) is 9.30. The topological polar surface area (TPSA) is 93.9 Å². The lowest BCUT2D eigenvalue weighted by Gasteiger charge is -2.08. The molecule has 17 heavy (non-hydrogen) atoms. The van der Waals surface area contributed by atoms with Crippen molar-refractivity contribution in [1.82, 2.24) is 9.13 Å². The summed E-state index contributed by atoms with van der Waals surface area (Å²) in [4.78, 5) is 22.0. The summed E-state index contributed by atoms with van der Waals surface area (Å²) in [5, 5.41) is 18.6. The zero-order valence-corrected chi connectivity index (χ0v) is 9.30. The van der Waals surface area contributed by atoms with Crippen molar-refractivity contribution in [2.45, 2.75) is 0 Å². The van der Waals surface area contributed by atoms with Crippen LogP contribution in [0.3, 0.4) is 0 Å². The molecule has 0 bridgehead atoms. The van der Waals surface area contributed by atoms with Gasteiger partial charge in [0.2, 0.25) is 5.62 Å². The molecule has 0 aliphatic rings. The smallest absolute Gasteiger partial charge is 0.270 e. The van der Waals surface area contributed by atoms with Gasteiger partial charge in [-0.15, -0.1) is 0 Å². The van der Waals surface area contributed by atoms with Gasteiger partial charge in [-0.1, -0.05) is 0 Å². The van der Waals surface area contributed by atoms with Crippen molar-refractivity contribution >= 4 is 16.6 Å². The fourth-order valence-corrected chi connectivity index (χ4v) is 1.72. The Labute approximate surface area is 95.2 Å². The molecular weight excluding hydrogens is 224 g/mol. The lowest BCUT2D eigenvalue weighted by atomic mass is 10.2. The van der Waals surface area contributed by atoms with E-state index in [-0.39, 0.29) is 16.7 Å². The number of hydrogen-bond donors (Lipinski definition) is 1. The maximum Gasteiger partial charge on any atom is 0.270 e. The molecule has 0 unspecified atom stereocenters. The zero-order chi connectivity index (χ0) is 12.7. The second-order valence-electron chi connectivity index (χ2n) is 3.71.